The molecule has 4 aromatic rings. The molecule has 0 aliphatic carbocycles. The predicted molar refractivity (Wildman–Crippen MR) is 138 cm³/mol. The number of nitrogens with one attached hydrogen (secondary N) is 1. The molecule has 2 aliphatic rings. The monoisotopic (exact) mass is 500 g/mol. The lowest BCUT2D eigenvalue weighted by Crippen LogP contribution is -2.44. The van der Waals surface area contributed by atoms with Crippen LogP contribution in [0.5, 0.6) is 0 Å². The van der Waals surface area contributed by atoms with Gasteiger partial charge >= 0.3 is 0 Å². The SMILES string of the molecule is Cc1nc(-c2ccc(N3CCC(C4(O)c5ccccc5NC(=O)c5ccccc54)CC3)c(Cl)c2)no1. The van der Waals surface area contributed by atoms with Crippen molar-refractivity contribution in [3.8, 4) is 11.4 Å². The van der Waals surface area contributed by atoms with Crippen LogP contribution in [0.15, 0.2) is 71.3 Å². The molecule has 182 valence electrons. The number of carbonyl (C=O) groups is 1. The van der Waals surface area contributed by atoms with Crippen molar-refractivity contribution >= 4 is 28.9 Å². The first-order chi connectivity index (χ1) is 17.4. The quantitative estimate of drug-likeness (QED) is 0.390. The Morgan fingerprint density at radius 1 is 1.06 bits per heavy atom. The minimum atomic E-state index is -1.29. The van der Waals surface area contributed by atoms with E-state index in [-0.39, 0.29) is 11.8 Å². The standard InChI is InChI=1S/C28H25ClN4O3/c1-17-30-26(32-36-17)18-10-11-25(23(29)16-18)33-14-12-19(13-15-33)28(35)21-7-3-2-6-20(21)27(34)31-24-9-5-4-8-22(24)28/h2-11,16,19,35H,12-15H2,1H3,(H,31,34). The summed E-state index contributed by atoms with van der Waals surface area (Å²) in [4.78, 5) is 19.5. The van der Waals surface area contributed by atoms with Crippen molar-refractivity contribution in [2.75, 3.05) is 23.3 Å². The molecule has 8 heteroatoms. The number of anilines is 2. The molecule has 3 heterocycles. The Hall–Kier alpha value is -3.68. The Morgan fingerprint density at radius 2 is 1.78 bits per heavy atom. The lowest BCUT2D eigenvalue weighted by atomic mass is 9.70. The molecule has 1 aromatic heterocycles. The summed E-state index contributed by atoms with van der Waals surface area (Å²) in [6, 6.07) is 20.7. The Kier molecular flexibility index (Phi) is 5.54. The van der Waals surface area contributed by atoms with Crippen LogP contribution in [0.25, 0.3) is 11.4 Å². The van der Waals surface area contributed by atoms with Gasteiger partial charge in [0.2, 0.25) is 11.7 Å². The summed E-state index contributed by atoms with van der Waals surface area (Å²) in [7, 11) is 0. The van der Waals surface area contributed by atoms with E-state index in [1.807, 2.05) is 60.7 Å². The number of hydrogen-bond acceptors (Lipinski definition) is 6. The van der Waals surface area contributed by atoms with Gasteiger partial charge in [0.25, 0.3) is 5.91 Å². The van der Waals surface area contributed by atoms with Crippen LogP contribution in [0.3, 0.4) is 0 Å². The number of para-hydroxylation sites is 1. The lowest BCUT2D eigenvalue weighted by Gasteiger charge is -2.43. The summed E-state index contributed by atoms with van der Waals surface area (Å²) >= 11 is 6.68. The van der Waals surface area contributed by atoms with Gasteiger partial charge in [-0.15, -0.1) is 0 Å². The fourth-order valence-corrected chi connectivity index (χ4v) is 5.87. The topological polar surface area (TPSA) is 91.5 Å². The molecule has 1 fully saturated rings. The van der Waals surface area contributed by atoms with Gasteiger partial charge in [-0.05, 0) is 49.1 Å². The molecule has 0 radical (unpaired) electrons. The third-order valence-electron chi connectivity index (χ3n) is 7.33. The molecule has 0 spiro atoms. The number of aryl methyl sites for hydroxylation is 1. The van der Waals surface area contributed by atoms with E-state index in [0.29, 0.717) is 33.6 Å². The fraction of sp³-hybridized carbons (Fsp3) is 0.250. The number of hydrogen-bond donors (Lipinski definition) is 2. The van der Waals surface area contributed by atoms with Gasteiger partial charge in [-0.3, -0.25) is 4.79 Å². The summed E-state index contributed by atoms with van der Waals surface area (Å²) in [6.07, 6.45) is 1.46. The number of amides is 1. The Labute approximate surface area is 213 Å². The minimum Gasteiger partial charge on any atom is -0.380 e. The van der Waals surface area contributed by atoms with Crippen LogP contribution in [-0.4, -0.2) is 34.2 Å². The van der Waals surface area contributed by atoms with Gasteiger partial charge in [0.1, 0.15) is 5.60 Å². The molecule has 36 heavy (non-hydrogen) atoms. The molecule has 7 nitrogen and oxygen atoms in total. The van der Waals surface area contributed by atoms with E-state index in [9.17, 15) is 9.90 Å². The summed E-state index contributed by atoms with van der Waals surface area (Å²) < 4.78 is 5.09. The van der Waals surface area contributed by atoms with Gasteiger partial charge < -0.3 is 19.8 Å². The molecule has 3 aromatic carbocycles. The summed E-state index contributed by atoms with van der Waals surface area (Å²) in [5, 5.41) is 20.0. The number of nitrogens with zero attached hydrogens (tertiary/aromatic N) is 3. The van der Waals surface area contributed by atoms with Crippen LogP contribution in [-0.2, 0) is 5.60 Å². The molecular formula is C28H25ClN4O3. The summed E-state index contributed by atoms with van der Waals surface area (Å²) in [5.41, 5.74) is 3.00. The number of aliphatic hydroxyl groups is 1. The van der Waals surface area contributed by atoms with Gasteiger partial charge in [0.15, 0.2) is 0 Å². The van der Waals surface area contributed by atoms with Crippen molar-refractivity contribution < 1.29 is 14.4 Å². The smallest absolute Gasteiger partial charge is 0.256 e. The van der Waals surface area contributed by atoms with Crippen LogP contribution >= 0.6 is 11.6 Å². The average Bonchev–Trinajstić information content (AvgIpc) is 3.31. The first kappa shape index (κ1) is 22.8. The van der Waals surface area contributed by atoms with Crippen molar-refractivity contribution in [3.05, 3.63) is 94.3 Å². The van der Waals surface area contributed by atoms with Crippen LogP contribution in [0.1, 0.15) is 40.2 Å². The number of fused-ring (bicyclic) bond motifs is 2. The van der Waals surface area contributed by atoms with E-state index in [2.05, 4.69) is 20.4 Å². The van der Waals surface area contributed by atoms with Crippen LogP contribution < -0.4 is 10.2 Å². The zero-order valence-electron chi connectivity index (χ0n) is 19.7. The Bertz CT molecular complexity index is 1460. The molecule has 1 saturated heterocycles. The molecule has 2 N–H and O–H groups in total. The molecule has 1 amide bonds. The maximum Gasteiger partial charge on any atom is 0.256 e. The van der Waals surface area contributed by atoms with E-state index in [1.54, 1.807) is 13.0 Å². The number of piperidine rings is 1. The zero-order valence-corrected chi connectivity index (χ0v) is 20.5. The van der Waals surface area contributed by atoms with E-state index < -0.39 is 5.60 Å². The van der Waals surface area contributed by atoms with Gasteiger partial charge in [-0.25, -0.2) is 0 Å². The van der Waals surface area contributed by atoms with Crippen LogP contribution in [0.2, 0.25) is 5.02 Å². The third kappa shape index (κ3) is 3.67. The molecule has 1 atom stereocenters. The van der Waals surface area contributed by atoms with Gasteiger partial charge in [-0.1, -0.05) is 53.2 Å². The molecule has 2 aliphatic heterocycles. The highest BCUT2D eigenvalue weighted by atomic mass is 35.5. The third-order valence-corrected chi connectivity index (χ3v) is 7.63. The Balaban J connectivity index is 1.30. The van der Waals surface area contributed by atoms with Crippen molar-refractivity contribution in [2.24, 2.45) is 5.92 Å². The highest BCUT2D eigenvalue weighted by Crippen LogP contribution is 2.48. The van der Waals surface area contributed by atoms with Crippen LogP contribution in [0.4, 0.5) is 11.4 Å². The van der Waals surface area contributed by atoms with Crippen LogP contribution in [0, 0.1) is 12.8 Å². The maximum atomic E-state index is 13.0. The van der Waals surface area contributed by atoms with Gasteiger partial charge in [0, 0.05) is 48.0 Å². The van der Waals surface area contributed by atoms with Crippen molar-refractivity contribution in [1.29, 1.82) is 0 Å². The van der Waals surface area contributed by atoms with Gasteiger partial charge in [-0.2, -0.15) is 4.98 Å². The fourth-order valence-electron chi connectivity index (χ4n) is 5.57. The first-order valence-corrected chi connectivity index (χ1v) is 12.4. The van der Waals surface area contributed by atoms with E-state index >= 15 is 0 Å². The van der Waals surface area contributed by atoms with E-state index in [4.69, 9.17) is 16.1 Å². The molecule has 1 unspecified atom stereocenters. The molecular weight excluding hydrogens is 476 g/mol. The highest BCUT2D eigenvalue weighted by molar-refractivity contribution is 6.33. The largest absolute Gasteiger partial charge is 0.380 e. The maximum absolute atomic E-state index is 13.0. The van der Waals surface area contributed by atoms with E-state index in [0.717, 1.165) is 42.7 Å². The highest BCUT2D eigenvalue weighted by Gasteiger charge is 2.46. The summed E-state index contributed by atoms with van der Waals surface area (Å²) in [5.74, 6) is 0.735. The van der Waals surface area contributed by atoms with Crippen molar-refractivity contribution in [3.63, 3.8) is 0 Å². The molecule has 0 bridgehead atoms. The van der Waals surface area contributed by atoms with Gasteiger partial charge in [0.05, 0.1) is 10.7 Å². The van der Waals surface area contributed by atoms with Crippen molar-refractivity contribution in [2.45, 2.75) is 25.4 Å². The number of halogens is 1. The van der Waals surface area contributed by atoms with E-state index in [1.165, 1.54) is 0 Å². The number of rotatable bonds is 3. The average molecular weight is 501 g/mol. The Morgan fingerprint density at radius 3 is 2.50 bits per heavy atom. The summed E-state index contributed by atoms with van der Waals surface area (Å²) in [6.45, 7) is 3.19. The number of carbonyl (C=O) groups excluding carboxylic acids is 1. The second-order valence-electron chi connectivity index (χ2n) is 9.38. The zero-order chi connectivity index (χ0) is 24.9. The first-order valence-electron chi connectivity index (χ1n) is 12.0. The number of benzene rings is 3. The number of aromatic nitrogens is 2. The second-order valence-corrected chi connectivity index (χ2v) is 9.78. The normalized spacial score (nSPS) is 19.9. The predicted octanol–water partition coefficient (Wildman–Crippen LogP) is 5.42. The minimum absolute atomic E-state index is 0.0795. The van der Waals surface area contributed by atoms with Crippen molar-refractivity contribution in [1.82, 2.24) is 10.1 Å². The molecule has 6 rings (SSSR count). The lowest BCUT2D eigenvalue weighted by molar-refractivity contribution is 0.00560. The second kappa shape index (κ2) is 8.76. The molecule has 0 saturated carbocycles.